The van der Waals surface area contributed by atoms with Crippen molar-refractivity contribution >= 4 is 49.3 Å². The molecule has 0 spiro atoms. The molecular weight excluding hydrogens is 458 g/mol. The maximum absolute atomic E-state index is 6.39. The molecule has 0 N–H and O–H groups in total. The van der Waals surface area contributed by atoms with Crippen molar-refractivity contribution in [2.24, 2.45) is 0 Å². The van der Waals surface area contributed by atoms with E-state index in [0.29, 0.717) is 0 Å². The van der Waals surface area contributed by atoms with Crippen LogP contribution in [-0.2, 0) is 0 Å². The summed E-state index contributed by atoms with van der Waals surface area (Å²) in [6.45, 7) is 0. The largest absolute Gasteiger partial charge is 0.457 e. The summed E-state index contributed by atoms with van der Waals surface area (Å²) in [4.78, 5) is 9.20. The van der Waals surface area contributed by atoms with Gasteiger partial charge < -0.3 is 4.74 Å². The van der Waals surface area contributed by atoms with E-state index in [1.54, 1.807) is 6.33 Å². The highest BCUT2D eigenvalue weighted by molar-refractivity contribution is 6.11. The van der Waals surface area contributed by atoms with Gasteiger partial charge in [0.05, 0.1) is 16.7 Å². The Kier molecular flexibility index (Phi) is 4.13. The first-order valence-corrected chi connectivity index (χ1v) is 12.1. The van der Waals surface area contributed by atoms with E-state index >= 15 is 0 Å². The van der Waals surface area contributed by atoms with Crippen molar-refractivity contribution in [1.29, 1.82) is 0 Å². The van der Waals surface area contributed by atoms with Gasteiger partial charge in [-0.1, -0.05) is 48.5 Å². The fraction of sp³-hybridized carbons (Fsp3) is 0. The fourth-order valence-electron chi connectivity index (χ4n) is 5.37. The molecule has 174 valence electrons. The van der Waals surface area contributed by atoms with Crippen LogP contribution >= 0.6 is 0 Å². The van der Waals surface area contributed by atoms with Gasteiger partial charge in [-0.25, -0.2) is 14.5 Å². The van der Waals surface area contributed by atoms with Crippen molar-refractivity contribution in [2.75, 3.05) is 0 Å². The number of benzene rings is 4. The Morgan fingerprint density at radius 3 is 2.24 bits per heavy atom. The number of para-hydroxylation sites is 1. The molecule has 4 aromatic heterocycles. The minimum absolute atomic E-state index is 0.733. The molecular formula is C31H19N5O. The third kappa shape index (κ3) is 2.96. The molecule has 0 fully saturated rings. The molecule has 0 radical (unpaired) electrons. The Morgan fingerprint density at radius 1 is 0.541 bits per heavy atom. The minimum atomic E-state index is 0.733. The van der Waals surface area contributed by atoms with Gasteiger partial charge in [0, 0.05) is 39.9 Å². The maximum Gasteiger partial charge on any atom is 0.163 e. The average molecular weight is 478 g/mol. The van der Waals surface area contributed by atoms with Crippen LogP contribution in [0.2, 0.25) is 0 Å². The molecule has 0 aliphatic carbocycles. The van der Waals surface area contributed by atoms with Crippen LogP contribution in [-0.4, -0.2) is 24.1 Å². The summed E-state index contributed by atoms with van der Waals surface area (Å²) in [6.07, 6.45) is 3.43. The highest BCUT2D eigenvalue weighted by Gasteiger charge is 2.14. The lowest BCUT2D eigenvalue weighted by Crippen LogP contribution is -1.96. The summed E-state index contributed by atoms with van der Waals surface area (Å²) in [5, 5.41) is 10.1. The number of rotatable bonds is 3. The van der Waals surface area contributed by atoms with Crippen LogP contribution in [0.25, 0.3) is 54.9 Å². The molecule has 8 rings (SSSR count). The van der Waals surface area contributed by atoms with E-state index in [2.05, 4.69) is 75.3 Å². The molecule has 0 atom stereocenters. The molecule has 0 aliphatic rings. The topological polar surface area (TPSA) is 57.2 Å². The van der Waals surface area contributed by atoms with Gasteiger partial charge in [-0.3, -0.25) is 4.57 Å². The Balaban J connectivity index is 1.26. The van der Waals surface area contributed by atoms with Gasteiger partial charge in [0.2, 0.25) is 0 Å². The smallest absolute Gasteiger partial charge is 0.163 e. The monoisotopic (exact) mass is 477 g/mol. The second-order valence-electron chi connectivity index (χ2n) is 9.05. The summed E-state index contributed by atoms with van der Waals surface area (Å²) < 4.78 is 10.5. The van der Waals surface area contributed by atoms with Gasteiger partial charge >= 0.3 is 0 Å². The van der Waals surface area contributed by atoms with E-state index in [9.17, 15) is 0 Å². The standard InChI is InChI=1S/C31H19N5O/c1-2-11-26-23(9-1)25-15-14-22(18-29(25)36-31(26)33-19-34-36)37-21-8-5-7-20(17-21)35-28-13-4-3-10-24(28)27-12-6-16-32-30(27)35/h1-19H. The second-order valence-corrected chi connectivity index (χ2v) is 9.05. The predicted molar refractivity (Wildman–Crippen MR) is 147 cm³/mol. The van der Waals surface area contributed by atoms with Crippen LogP contribution in [0, 0.1) is 0 Å². The Hall–Kier alpha value is -5.23. The number of nitrogens with zero attached hydrogens (tertiary/aromatic N) is 5. The van der Waals surface area contributed by atoms with Gasteiger partial charge in [0.1, 0.15) is 23.5 Å². The van der Waals surface area contributed by atoms with Crippen molar-refractivity contribution < 1.29 is 4.74 Å². The van der Waals surface area contributed by atoms with Crippen molar-refractivity contribution in [3.8, 4) is 17.2 Å². The van der Waals surface area contributed by atoms with Crippen LogP contribution in [0.4, 0.5) is 0 Å². The van der Waals surface area contributed by atoms with Gasteiger partial charge in [-0.15, -0.1) is 0 Å². The zero-order valence-electron chi connectivity index (χ0n) is 19.6. The number of aromatic nitrogens is 5. The highest BCUT2D eigenvalue weighted by atomic mass is 16.5. The molecule has 0 amide bonds. The summed E-state index contributed by atoms with van der Waals surface area (Å²) in [6, 6.07) is 35.0. The Bertz CT molecular complexity index is 2090. The normalized spacial score (nSPS) is 11.8. The molecule has 8 aromatic rings. The number of hydrogen-bond acceptors (Lipinski definition) is 4. The van der Waals surface area contributed by atoms with Crippen LogP contribution in [0.15, 0.2) is 116 Å². The first-order chi connectivity index (χ1) is 18.3. The number of hydrogen-bond donors (Lipinski definition) is 0. The maximum atomic E-state index is 6.39. The van der Waals surface area contributed by atoms with E-state index in [1.165, 1.54) is 5.39 Å². The number of fused-ring (bicyclic) bond motifs is 9. The Labute approximate surface area is 211 Å². The van der Waals surface area contributed by atoms with Gasteiger partial charge in [-0.2, -0.15) is 5.10 Å². The van der Waals surface area contributed by atoms with Gasteiger partial charge in [0.15, 0.2) is 5.65 Å². The minimum Gasteiger partial charge on any atom is -0.457 e. The SMILES string of the molecule is c1cc(Oc2ccc3c4ccccc4c4ncnn4c3c2)cc(-n2c3ccccc3c3cccnc32)c1. The molecule has 6 heteroatoms. The fourth-order valence-corrected chi connectivity index (χ4v) is 5.37. The molecule has 6 nitrogen and oxygen atoms in total. The quantitative estimate of drug-likeness (QED) is 0.250. The lowest BCUT2D eigenvalue weighted by molar-refractivity contribution is 0.483. The van der Waals surface area contributed by atoms with Gasteiger partial charge in [-0.05, 0) is 47.9 Å². The summed E-state index contributed by atoms with van der Waals surface area (Å²) >= 11 is 0. The molecule has 0 bridgehead atoms. The third-order valence-corrected chi connectivity index (χ3v) is 6.95. The molecule has 4 heterocycles. The highest BCUT2D eigenvalue weighted by Crippen LogP contribution is 2.34. The van der Waals surface area contributed by atoms with Crippen molar-refractivity contribution in [2.45, 2.75) is 0 Å². The summed E-state index contributed by atoms with van der Waals surface area (Å²) in [5.74, 6) is 1.48. The van der Waals surface area contributed by atoms with E-state index in [-0.39, 0.29) is 0 Å². The van der Waals surface area contributed by atoms with Crippen LogP contribution < -0.4 is 4.74 Å². The van der Waals surface area contributed by atoms with E-state index in [0.717, 1.165) is 61.1 Å². The Morgan fingerprint density at radius 2 is 1.30 bits per heavy atom. The van der Waals surface area contributed by atoms with Crippen molar-refractivity contribution in [3.05, 3.63) is 116 Å². The van der Waals surface area contributed by atoms with E-state index in [1.807, 2.05) is 53.2 Å². The second kappa shape index (κ2) is 7.63. The number of ether oxygens (including phenoxy) is 1. The van der Waals surface area contributed by atoms with E-state index in [4.69, 9.17) is 9.72 Å². The van der Waals surface area contributed by atoms with Crippen molar-refractivity contribution in [3.63, 3.8) is 0 Å². The van der Waals surface area contributed by atoms with Crippen LogP contribution in [0.3, 0.4) is 0 Å². The number of pyridine rings is 2. The molecule has 0 unspecified atom stereocenters. The molecule has 0 saturated carbocycles. The van der Waals surface area contributed by atoms with E-state index < -0.39 is 0 Å². The first-order valence-electron chi connectivity index (χ1n) is 12.1. The summed E-state index contributed by atoms with van der Waals surface area (Å²) in [7, 11) is 0. The summed E-state index contributed by atoms with van der Waals surface area (Å²) in [5.41, 5.74) is 4.81. The molecule has 37 heavy (non-hydrogen) atoms. The van der Waals surface area contributed by atoms with Gasteiger partial charge in [0.25, 0.3) is 0 Å². The lowest BCUT2D eigenvalue weighted by atomic mass is 10.1. The lowest BCUT2D eigenvalue weighted by Gasteiger charge is -2.12. The molecule has 4 aromatic carbocycles. The predicted octanol–water partition coefficient (Wildman–Crippen LogP) is 7.32. The third-order valence-electron chi connectivity index (χ3n) is 6.95. The van der Waals surface area contributed by atoms with Crippen LogP contribution in [0.1, 0.15) is 0 Å². The molecule has 0 aliphatic heterocycles. The molecule has 0 saturated heterocycles. The van der Waals surface area contributed by atoms with Crippen LogP contribution in [0.5, 0.6) is 11.5 Å². The zero-order chi connectivity index (χ0) is 24.3. The van der Waals surface area contributed by atoms with Crippen molar-refractivity contribution in [1.82, 2.24) is 24.1 Å². The average Bonchev–Trinajstić information content (AvgIpc) is 3.57. The first kappa shape index (κ1) is 20.0. The zero-order valence-corrected chi connectivity index (χ0v) is 19.6.